The van der Waals surface area contributed by atoms with E-state index in [1.54, 1.807) is 7.05 Å². The number of carbonyl (C=O) groups excluding carboxylic acids is 2. The third kappa shape index (κ3) is 3.41. The number of nitrogens with zero attached hydrogens (tertiary/aromatic N) is 6. The Labute approximate surface area is 182 Å². The second-order valence-corrected chi connectivity index (χ2v) is 8.32. The zero-order chi connectivity index (χ0) is 21.5. The average molecular weight is 426 g/mol. The molecule has 0 saturated carbocycles. The number of anilines is 1. The van der Waals surface area contributed by atoms with Crippen molar-refractivity contribution in [3.8, 4) is 0 Å². The smallest absolute Gasteiger partial charge is 0.379 e. The predicted octanol–water partition coefficient (Wildman–Crippen LogP) is 0.444. The summed E-state index contributed by atoms with van der Waals surface area (Å²) in [6, 6.07) is 7.63. The van der Waals surface area contributed by atoms with Gasteiger partial charge in [-0.1, -0.05) is 24.0 Å². The number of guanidine groups is 1. The molecule has 0 N–H and O–H groups in total. The minimum absolute atomic E-state index is 0.173. The summed E-state index contributed by atoms with van der Waals surface area (Å²) in [7, 11) is 1.71. The number of fused-ring (bicyclic) bond motifs is 2. The highest BCUT2D eigenvalue weighted by Crippen LogP contribution is 2.27. The highest BCUT2D eigenvalue weighted by molar-refractivity contribution is 6.24. The van der Waals surface area contributed by atoms with Crippen molar-refractivity contribution in [2.24, 2.45) is 4.99 Å². The quantitative estimate of drug-likeness (QED) is 0.641. The molecule has 5 rings (SSSR count). The molecule has 4 heterocycles. The second-order valence-electron chi connectivity index (χ2n) is 8.32. The molecule has 1 aromatic carbocycles. The number of amidine groups is 1. The van der Waals surface area contributed by atoms with Crippen LogP contribution >= 0.6 is 0 Å². The largest absolute Gasteiger partial charge is 0.397 e. The van der Waals surface area contributed by atoms with Gasteiger partial charge in [0.25, 0.3) is 5.91 Å². The van der Waals surface area contributed by atoms with Gasteiger partial charge in [0.05, 0.1) is 19.8 Å². The number of ether oxygens (including phenoxy) is 1. The molecular weight excluding hydrogens is 396 g/mol. The van der Waals surface area contributed by atoms with Gasteiger partial charge in [-0.25, -0.2) is 14.3 Å². The van der Waals surface area contributed by atoms with E-state index in [9.17, 15) is 9.59 Å². The number of likely N-dealkylation sites (N-methyl/N-ethyl adjacent to an activating group) is 1. The van der Waals surface area contributed by atoms with E-state index < -0.39 is 6.04 Å². The maximum atomic E-state index is 13.4. The lowest BCUT2D eigenvalue weighted by Gasteiger charge is -2.35. The molecule has 0 aliphatic carbocycles. The van der Waals surface area contributed by atoms with Gasteiger partial charge in [-0.3, -0.25) is 19.5 Å². The van der Waals surface area contributed by atoms with Crippen molar-refractivity contribution in [3.63, 3.8) is 0 Å². The van der Waals surface area contributed by atoms with Gasteiger partial charge in [-0.2, -0.15) is 0 Å². The van der Waals surface area contributed by atoms with E-state index in [1.807, 2.05) is 4.58 Å². The van der Waals surface area contributed by atoms with Gasteiger partial charge < -0.3 is 4.74 Å². The van der Waals surface area contributed by atoms with Crippen LogP contribution in [-0.4, -0.2) is 109 Å². The van der Waals surface area contributed by atoms with Crippen LogP contribution in [0.4, 0.5) is 10.5 Å². The molecule has 2 saturated heterocycles. The summed E-state index contributed by atoms with van der Waals surface area (Å²) in [6.07, 6.45) is 0.995. The van der Waals surface area contributed by atoms with Gasteiger partial charge in [0.1, 0.15) is 12.2 Å². The van der Waals surface area contributed by atoms with Crippen LogP contribution in [0.1, 0.15) is 12.5 Å². The monoisotopic (exact) mass is 425 g/mol. The zero-order valence-electron chi connectivity index (χ0n) is 18.2. The van der Waals surface area contributed by atoms with Crippen LogP contribution in [0, 0.1) is 0 Å². The van der Waals surface area contributed by atoms with Crippen LogP contribution in [0.2, 0.25) is 0 Å². The Bertz CT molecular complexity index is 950. The van der Waals surface area contributed by atoms with Crippen molar-refractivity contribution in [3.05, 3.63) is 29.8 Å². The number of imide groups is 1. The number of amides is 3. The molecule has 3 amide bonds. The number of aryl methyl sites for hydroxylation is 1. The van der Waals surface area contributed by atoms with E-state index in [-0.39, 0.29) is 11.9 Å². The van der Waals surface area contributed by atoms with Gasteiger partial charge in [0, 0.05) is 33.2 Å². The Kier molecular flexibility index (Phi) is 5.23. The van der Waals surface area contributed by atoms with Crippen LogP contribution < -0.4 is 4.90 Å². The third-order valence-electron chi connectivity index (χ3n) is 6.59. The normalized spacial score (nSPS) is 24.1. The molecular formula is C22H29N6O3+. The maximum absolute atomic E-state index is 13.4. The molecule has 1 atom stereocenters. The van der Waals surface area contributed by atoms with Crippen molar-refractivity contribution in [2.75, 3.05) is 64.4 Å². The summed E-state index contributed by atoms with van der Waals surface area (Å²) < 4.78 is 7.42. The van der Waals surface area contributed by atoms with E-state index in [0.29, 0.717) is 38.7 Å². The van der Waals surface area contributed by atoms with Gasteiger partial charge in [-0.05, 0) is 24.1 Å². The molecule has 0 spiro atoms. The maximum Gasteiger partial charge on any atom is 0.397 e. The van der Waals surface area contributed by atoms with E-state index >= 15 is 0 Å². The van der Waals surface area contributed by atoms with Crippen LogP contribution in [0.5, 0.6) is 0 Å². The summed E-state index contributed by atoms with van der Waals surface area (Å²) in [5.74, 6) is 1.11. The van der Waals surface area contributed by atoms with Crippen molar-refractivity contribution in [2.45, 2.75) is 19.4 Å². The second kappa shape index (κ2) is 8.05. The number of hydrogen-bond acceptors (Lipinski definition) is 6. The van der Waals surface area contributed by atoms with Crippen LogP contribution in [0.3, 0.4) is 0 Å². The first kappa shape index (κ1) is 20.1. The third-order valence-corrected chi connectivity index (χ3v) is 6.59. The Balaban J connectivity index is 1.37. The standard InChI is InChI=1S/C22H29N6O3/c1-3-16-4-6-17(7-5-16)26-10-11-27-18-19(23-21(26)27)24(2)22(30)28(20(18)29)9-8-25-12-14-31-15-13-25/h4-7,18H,3,8-15H2,1-2H3/q+1. The lowest BCUT2D eigenvalue weighted by molar-refractivity contribution is -0.525. The first-order valence-corrected chi connectivity index (χ1v) is 11.1. The van der Waals surface area contributed by atoms with Crippen molar-refractivity contribution >= 4 is 29.4 Å². The summed E-state index contributed by atoms with van der Waals surface area (Å²) in [5.41, 5.74) is 2.34. The number of benzene rings is 1. The number of rotatable bonds is 5. The fourth-order valence-electron chi connectivity index (χ4n) is 4.69. The molecule has 2 fully saturated rings. The summed E-state index contributed by atoms with van der Waals surface area (Å²) in [6.45, 7) is 7.72. The fourth-order valence-corrected chi connectivity index (χ4v) is 4.69. The van der Waals surface area contributed by atoms with Crippen molar-refractivity contribution in [1.29, 1.82) is 0 Å². The molecule has 9 heteroatoms. The zero-order valence-corrected chi connectivity index (χ0v) is 18.2. The van der Waals surface area contributed by atoms with Crippen LogP contribution in [0.25, 0.3) is 0 Å². The SMILES string of the molecule is CCc1ccc(N2CC[N+]3=C2N=C2C3C(=O)N(CCN3CCOCC3)C(=O)N2C)cc1. The molecule has 1 unspecified atom stereocenters. The minimum atomic E-state index is -0.526. The van der Waals surface area contributed by atoms with Gasteiger partial charge in [0.15, 0.2) is 0 Å². The highest BCUT2D eigenvalue weighted by atomic mass is 16.5. The molecule has 0 aromatic heterocycles. The fraction of sp³-hybridized carbons (Fsp3) is 0.545. The molecule has 4 aliphatic heterocycles. The first-order chi connectivity index (χ1) is 15.1. The van der Waals surface area contributed by atoms with Crippen molar-refractivity contribution < 1.29 is 18.9 Å². The average Bonchev–Trinajstić information content (AvgIpc) is 3.38. The van der Waals surface area contributed by atoms with Crippen molar-refractivity contribution in [1.82, 2.24) is 14.7 Å². The Morgan fingerprint density at radius 1 is 1.10 bits per heavy atom. The van der Waals surface area contributed by atoms with Crippen LogP contribution in [-0.2, 0) is 16.0 Å². The number of urea groups is 1. The summed E-state index contributed by atoms with van der Waals surface area (Å²) >= 11 is 0. The Hall–Kier alpha value is -2.78. The van der Waals surface area contributed by atoms with E-state index in [0.717, 1.165) is 37.7 Å². The minimum Gasteiger partial charge on any atom is -0.379 e. The van der Waals surface area contributed by atoms with Gasteiger partial charge in [-0.15, -0.1) is 0 Å². The number of hydrogen-bond donors (Lipinski definition) is 0. The lowest BCUT2D eigenvalue weighted by atomic mass is 10.1. The molecule has 1 aromatic rings. The molecule has 4 aliphatic rings. The number of carbonyl (C=O) groups is 2. The van der Waals surface area contributed by atoms with E-state index in [2.05, 4.69) is 41.0 Å². The Morgan fingerprint density at radius 3 is 2.55 bits per heavy atom. The topological polar surface area (TPSA) is 71.7 Å². The summed E-state index contributed by atoms with van der Waals surface area (Å²) in [4.78, 5) is 38.4. The molecule has 9 nitrogen and oxygen atoms in total. The predicted molar refractivity (Wildman–Crippen MR) is 117 cm³/mol. The number of aliphatic imine (C=N–C) groups is 1. The molecule has 0 bridgehead atoms. The van der Waals surface area contributed by atoms with Gasteiger partial charge >= 0.3 is 12.0 Å². The Morgan fingerprint density at radius 2 is 1.84 bits per heavy atom. The van der Waals surface area contributed by atoms with Gasteiger partial charge in [0.2, 0.25) is 11.9 Å². The van der Waals surface area contributed by atoms with E-state index in [1.165, 1.54) is 15.4 Å². The molecule has 31 heavy (non-hydrogen) atoms. The molecule has 164 valence electrons. The lowest BCUT2D eigenvalue weighted by Crippen LogP contribution is -2.63. The molecule has 0 radical (unpaired) electrons. The highest BCUT2D eigenvalue weighted by Gasteiger charge is 2.55. The van der Waals surface area contributed by atoms with E-state index in [4.69, 9.17) is 9.73 Å². The first-order valence-electron chi connectivity index (χ1n) is 11.1. The number of morpholine rings is 1. The van der Waals surface area contributed by atoms with Crippen LogP contribution in [0.15, 0.2) is 29.3 Å². The summed E-state index contributed by atoms with van der Waals surface area (Å²) in [5, 5.41) is 0.